The van der Waals surface area contributed by atoms with E-state index in [0.717, 1.165) is 0 Å². The highest BCUT2D eigenvalue weighted by molar-refractivity contribution is 5.92. The van der Waals surface area contributed by atoms with Crippen molar-refractivity contribution in [1.29, 1.82) is 0 Å². The molecule has 0 saturated carbocycles. The van der Waals surface area contributed by atoms with Crippen molar-refractivity contribution >= 4 is 17.1 Å². The summed E-state index contributed by atoms with van der Waals surface area (Å²) in [7, 11) is 0. The fourth-order valence-electron chi connectivity index (χ4n) is 2.92. The number of nitrogens with one attached hydrogen (secondary N) is 1. The molecule has 0 aliphatic carbocycles. The van der Waals surface area contributed by atoms with Crippen molar-refractivity contribution in [3.8, 4) is 0 Å². The van der Waals surface area contributed by atoms with Gasteiger partial charge in [0, 0.05) is 25.5 Å². The molecule has 0 bridgehead atoms. The molecule has 1 fully saturated rings. The third-order valence-corrected chi connectivity index (χ3v) is 3.98. The van der Waals surface area contributed by atoms with Crippen molar-refractivity contribution in [2.45, 2.75) is 12.5 Å². The Morgan fingerprint density at radius 2 is 2.13 bits per heavy atom. The molecule has 3 aromatic heterocycles. The molecule has 9 heteroatoms. The van der Waals surface area contributed by atoms with Gasteiger partial charge in [-0.15, -0.1) is 0 Å². The van der Waals surface area contributed by atoms with E-state index in [4.69, 9.17) is 0 Å². The number of hydrogen-bond donors (Lipinski definition) is 1. The third-order valence-electron chi connectivity index (χ3n) is 3.98. The molecule has 1 aliphatic heterocycles. The normalized spacial score (nSPS) is 17.7. The van der Waals surface area contributed by atoms with E-state index in [1.54, 1.807) is 15.7 Å². The van der Waals surface area contributed by atoms with Crippen LogP contribution in [0.15, 0.2) is 35.9 Å². The Morgan fingerprint density at radius 1 is 1.22 bits per heavy atom. The van der Waals surface area contributed by atoms with Gasteiger partial charge in [0.15, 0.2) is 5.65 Å². The lowest BCUT2D eigenvalue weighted by molar-refractivity contribution is 0.0781. The van der Waals surface area contributed by atoms with Crippen LogP contribution < -0.4 is 5.69 Å². The number of aromatic nitrogens is 6. The molecule has 1 atom stereocenters. The van der Waals surface area contributed by atoms with Gasteiger partial charge in [0.05, 0.1) is 18.4 Å². The van der Waals surface area contributed by atoms with E-state index < -0.39 is 0 Å². The van der Waals surface area contributed by atoms with Crippen molar-refractivity contribution in [2.75, 3.05) is 13.1 Å². The molecule has 9 nitrogen and oxygen atoms in total. The van der Waals surface area contributed by atoms with Gasteiger partial charge >= 0.3 is 5.69 Å². The lowest BCUT2D eigenvalue weighted by atomic mass is 10.2. The molecule has 0 aromatic carbocycles. The van der Waals surface area contributed by atoms with Crippen LogP contribution in [-0.2, 0) is 0 Å². The molecule has 1 amide bonds. The van der Waals surface area contributed by atoms with Crippen molar-refractivity contribution in [3.05, 3.63) is 47.3 Å². The predicted octanol–water partition coefficient (Wildman–Crippen LogP) is -0.00320. The molecule has 0 spiro atoms. The molecule has 0 unspecified atom stereocenters. The number of fused-ring (bicyclic) bond motifs is 1. The van der Waals surface area contributed by atoms with E-state index in [9.17, 15) is 9.59 Å². The van der Waals surface area contributed by atoms with Crippen LogP contribution in [0.5, 0.6) is 0 Å². The molecular formula is C14H13N7O2. The number of imidazole rings is 1. The molecule has 116 valence electrons. The van der Waals surface area contributed by atoms with Crippen LogP contribution >= 0.6 is 0 Å². The summed E-state index contributed by atoms with van der Waals surface area (Å²) in [5.74, 6) is -0.178. The number of H-pyrrole nitrogens is 1. The van der Waals surface area contributed by atoms with Gasteiger partial charge in [0.25, 0.3) is 5.91 Å². The Balaban J connectivity index is 1.62. The van der Waals surface area contributed by atoms with E-state index in [-0.39, 0.29) is 17.6 Å². The minimum Gasteiger partial charge on any atom is -0.335 e. The van der Waals surface area contributed by atoms with Gasteiger partial charge in [-0.25, -0.2) is 19.7 Å². The molecule has 1 aliphatic rings. The van der Waals surface area contributed by atoms with E-state index in [0.29, 0.717) is 36.4 Å². The average molecular weight is 311 g/mol. The number of amides is 1. The monoisotopic (exact) mass is 311 g/mol. The quantitative estimate of drug-likeness (QED) is 0.713. The zero-order chi connectivity index (χ0) is 15.8. The summed E-state index contributed by atoms with van der Waals surface area (Å²) in [6.45, 7) is 0.997. The summed E-state index contributed by atoms with van der Waals surface area (Å²) in [5, 5.41) is 0. The van der Waals surface area contributed by atoms with E-state index in [2.05, 4.69) is 24.9 Å². The van der Waals surface area contributed by atoms with Gasteiger partial charge < -0.3 is 9.88 Å². The largest absolute Gasteiger partial charge is 0.335 e. The van der Waals surface area contributed by atoms with Crippen LogP contribution in [0, 0.1) is 0 Å². The standard InChI is InChI=1S/C14H13N7O2/c22-13(11-6-15-2-3-17-11)20-4-1-9(7-20)21-12-10(19-14(21)23)5-16-8-18-12/h2-3,5-6,8-9H,1,4,7H2,(H,19,23)/t9-/m0/s1. The highest BCUT2D eigenvalue weighted by Crippen LogP contribution is 2.23. The first-order valence-corrected chi connectivity index (χ1v) is 7.19. The Bertz CT molecular complexity index is 918. The van der Waals surface area contributed by atoms with Crippen LogP contribution in [0.2, 0.25) is 0 Å². The van der Waals surface area contributed by atoms with E-state index in [1.165, 1.54) is 24.9 Å². The number of aromatic amines is 1. The van der Waals surface area contributed by atoms with E-state index in [1.807, 2.05) is 0 Å². The maximum atomic E-state index is 12.4. The minimum absolute atomic E-state index is 0.119. The van der Waals surface area contributed by atoms with E-state index >= 15 is 0 Å². The van der Waals surface area contributed by atoms with Crippen LogP contribution in [-0.4, -0.2) is 53.4 Å². The summed E-state index contributed by atoms with van der Waals surface area (Å²) >= 11 is 0. The fraction of sp³-hybridized carbons (Fsp3) is 0.286. The molecule has 0 radical (unpaired) electrons. The maximum absolute atomic E-state index is 12.4. The third kappa shape index (κ3) is 2.26. The molecule has 4 rings (SSSR count). The topological polar surface area (TPSA) is 110 Å². The van der Waals surface area contributed by atoms with Crippen LogP contribution in [0.25, 0.3) is 11.2 Å². The van der Waals surface area contributed by atoms with Crippen LogP contribution in [0.1, 0.15) is 23.0 Å². The highest BCUT2D eigenvalue weighted by atomic mass is 16.2. The Hall–Kier alpha value is -3.10. The van der Waals surface area contributed by atoms with Crippen LogP contribution in [0.3, 0.4) is 0 Å². The van der Waals surface area contributed by atoms with Crippen molar-refractivity contribution < 1.29 is 4.79 Å². The molecule has 23 heavy (non-hydrogen) atoms. The number of nitrogens with zero attached hydrogens (tertiary/aromatic N) is 6. The zero-order valence-electron chi connectivity index (χ0n) is 12.1. The summed E-state index contributed by atoms with van der Waals surface area (Å²) < 4.78 is 1.60. The first-order valence-electron chi connectivity index (χ1n) is 7.19. The molecule has 1 saturated heterocycles. The summed E-state index contributed by atoms with van der Waals surface area (Å²) in [5.41, 5.74) is 1.22. The van der Waals surface area contributed by atoms with Gasteiger partial charge in [-0.2, -0.15) is 0 Å². The number of hydrogen-bond acceptors (Lipinski definition) is 6. The van der Waals surface area contributed by atoms with Crippen molar-refractivity contribution in [3.63, 3.8) is 0 Å². The second-order valence-corrected chi connectivity index (χ2v) is 5.34. The Morgan fingerprint density at radius 3 is 2.96 bits per heavy atom. The number of carbonyl (C=O) groups is 1. The number of carbonyl (C=O) groups excluding carboxylic acids is 1. The van der Waals surface area contributed by atoms with Crippen molar-refractivity contribution in [1.82, 2.24) is 34.4 Å². The van der Waals surface area contributed by atoms with Gasteiger partial charge in [-0.1, -0.05) is 0 Å². The van der Waals surface area contributed by atoms with Gasteiger partial charge in [-0.05, 0) is 6.42 Å². The average Bonchev–Trinajstić information content (AvgIpc) is 3.18. The second kappa shape index (κ2) is 5.27. The van der Waals surface area contributed by atoms with Crippen molar-refractivity contribution in [2.24, 2.45) is 0 Å². The summed E-state index contributed by atoms with van der Waals surface area (Å²) in [4.78, 5) is 45.0. The Kier molecular flexibility index (Phi) is 3.11. The molecule has 1 N–H and O–H groups in total. The smallest absolute Gasteiger partial charge is 0.328 e. The fourth-order valence-corrected chi connectivity index (χ4v) is 2.92. The molecule has 4 heterocycles. The maximum Gasteiger partial charge on any atom is 0.328 e. The van der Waals surface area contributed by atoms with Gasteiger partial charge in [0.1, 0.15) is 17.5 Å². The first-order chi connectivity index (χ1) is 11.2. The van der Waals surface area contributed by atoms with Gasteiger partial charge in [-0.3, -0.25) is 14.3 Å². The minimum atomic E-state index is -0.237. The highest BCUT2D eigenvalue weighted by Gasteiger charge is 2.30. The lowest BCUT2D eigenvalue weighted by Gasteiger charge is -2.16. The zero-order valence-corrected chi connectivity index (χ0v) is 12.1. The number of rotatable bonds is 2. The van der Waals surface area contributed by atoms with Crippen LogP contribution in [0.4, 0.5) is 0 Å². The second-order valence-electron chi connectivity index (χ2n) is 5.34. The molecular weight excluding hydrogens is 298 g/mol. The summed E-state index contributed by atoms with van der Waals surface area (Å²) in [6.07, 6.45) is 8.11. The molecule has 3 aromatic rings. The first kappa shape index (κ1) is 13.6. The van der Waals surface area contributed by atoms with Gasteiger partial charge in [0.2, 0.25) is 0 Å². The lowest BCUT2D eigenvalue weighted by Crippen LogP contribution is -2.31. The number of likely N-dealkylation sites (tertiary alicyclic amines) is 1. The predicted molar refractivity (Wildman–Crippen MR) is 79.7 cm³/mol. The summed E-state index contributed by atoms with van der Waals surface area (Å²) in [6, 6.07) is -0.119. The Labute approximate surface area is 130 Å². The SMILES string of the molecule is O=C(c1cnccn1)N1CC[C@H](n2c(=O)[nH]c3cncnc32)C1.